The molecule has 2 rings (SSSR count). The standard InChI is InChI=1S/C15H24N2O3/c1-17-7-8-19-14(10-17)11-20-15-4-3-13(18-2)9-12(15)5-6-16/h3-4,9,14H,5-8,10-11,16H2,1-2H3. The van der Waals surface area contributed by atoms with Crippen molar-refractivity contribution in [1.29, 1.82) is 0 Å². The van der Waals surface area contributed by atoms with E-state index >= 15 is 0 Å². The van der Waals surface area contributed by atoms with E-state index in [2.05, 4.69) is 11.9 Å². The summed E-state index contributed by atoms with van der Waals surface area (Å²) in [5.74, 6) is 1.70. The number of hydrogen-bond donors (Lipinski definition) is 1. The van der Waals surface area contributed by atoms with Gasteiger partial charge in [-0.2, -0.15) is 0 Å². The van der Waals surface area contributed by atoms with Crippen molar-refractivity contribution >= 4 is 0 Å². The first-order valence-corrected chi connectivity index (χ1v) is 7.03. The third-order valence-electron chi connectivity index (χ3n) is 3.45. The molecule has 1 aromatic carbocycles. The SMILES string of the molecule is COc1ccc(OCC2CN(C)CCO2)c(CCN)c1. The van der Waals surface area contributed by atoms with Gasteiger partial charge in [0.25, 0.3) is 0 Å². The van der Waals surface area contributed by atoms with Crippen LogP contribution in [0.3, 0.4) is 0 Å². The predicted molar refractivity (Wildman–Crippen MR) is 78.5 cm³/mol. The summed E-state index contributed by atoms with van der Waals surface area (Å²) in [5, 5.41) is 0. The van der Waals surface area contributed by atoms with Gasteiger partial charge in [0.15, 0.2) is 0 Å². The van der Waals surface area contributed by atoms with Crippen LogP contribution in [0.5, 0.6) is 11.5 Å². The Kier molecular flexibility index (Phi) is 5.64. The molecule has 1 aromatic rings. The third-order valence-corrected chi connectivity index (χ3v) is 3.45. The Morgan fingerprint density at radius 3 is 3.00 bits per heavy atom. The van der Waals surface area contributed by atoms with Crippen LogP contribution in [0.2, 0.25) is 0 Å². The second kappa shape index (κ2) is 7.47. The van der Waals surface area contributed by atoms with Crippen LogP contribution in [0.4, 0.5) is 0 Å². The first-order chi connectivity index (χ1) is 9.72. The van der Waals surface area contributed by atoms with Crippen LogP contribution in [-0.2, 0) is 11.2 Å². The van der Waals surface area contributed by atoms with Crippen LogP contribution in [0.15, 0.2) is 18.2 Å². The quantitative estimate of drug-likeness (QED) is 0.839. The highest BCUT2D eigenvalue weighted by molar-refractivity contribution is 5.40. The average Bonchev–Trinajstić information content (AvgIpc) is 2.46. The minimum atomic E-state index is 0.126. The van der Waals surface area contributed by atoms with E-state index in [9.17, 15) is 0 Å². The van der Waals surface area contributed by atoms with Gasteiger partial charge in [-0.25, -0.2) is 0 Å². The van der Waals surface area contributed by atoms with Crippen molar-refractivity contribution in [1.82, 2.24) is 4.90 Å². The zero-order valence-electron chi connectivity index (χ0n) is 12.3. The Hall–Kier alpha value is -1.30. The molecule has 0 bridgehead atoms. The van der Waals surface area contributed by atoms with Crippen LogP contribution in [0.1, 0.15) is 5.56 Å². The van der Waals surface area contributed by atoms with Gasteiger partial charge >= 0.3 is 0 Å². The molecule has 20 heavy (non-hydrogen) atoms. The van der Waals surface area contributed by atoms with Crippen molar-refractivity contribution in [2.75, 3.05) is 47.0 Å². The summed E-state index contributed by atoms with van der Waals surface area (Å²) in [4.78, 5) is 2.26. The molecule has 1 aliphatic rings. The molecular formula is C15H24N2O3. The maximum atomic E-state index is 5.91. The molecule has 1 saturated heterocycles. The minimum absolute atomic E-state index is 0.126. The highest BCUT2D eigenvalue weighted by Gasteiger charge is 2.18. The number of methoxy groups -OCH3 is 1. The second-order valence-corrected chi connectivity index (χ2v) is 5.08. The molecular weight excluding hydrogens is 256 g/mol. The second-order valence-electron chi connectivity index (χ2n) is 5.08. The zero-order chi connectivity index (χ0) is 14.4. The highest BCUT2D eigenvalue weighted by Crippen LogP contribution is 2.25. The van der Waals surface area contributed by atoms with Crippen molar-refractivity contribution in [3.05, 3.63) is 23.8 Å². The van der Waals surface area contributed by atoms with Crippen LogP contribution in [0, 0.1) is 0 Å². The summed E-state index contributed by atoms with van der Waals surface area (Å²) < 4.78 is 16.8. The summed E-state index contributed by atoms with van der Waals surface area (Å²) in [6.45, 7) is 3.81. The first-order valence-electron chi connectivity index (χ1n) is 7.03. The largest absolute Gasteiger partial charge is 0.497 e. The summed E-state index contributed by atoms with van der Waals surface area (Å²) in [5.41, 5.74) is 6.73. The van der Waals surface area contributed by atoms with Crippen LogP contribution >= 0.6 is 0 Å². The van der Waals surface area contributed by atoms with Gasteiger partial charge in [0.2, 0.25) is 0 Å². The van der Waals surface area contributed by atoms with E-state index in [1.807, 2.05) is 18.2 Å². The molecule has 2 N–H and O–H groups in total. The van der Waals surface area contributed by atoms with E-state index in [-0.39, 0.29) is 6.10 Å². The van der Waals surface area contributed by atoms with Gasteiger partial charge in [-0.15, -0.1) is 0 Å². The topological polar surface area (TPSA) is 57.0 Å². The fourth-order valence-corrected chi connectivity index (χ4v) is 2.32. The molecule has 0 saturated carbocycles. The van der Waals surface area contributed by atoms with Crippen molar-refractivity contribution < 1.29 is 14.2 Å². The average molecular weight is 280 g/mol. The molecule has 1 atom stereocenters. The lowest BCUT2D eigenvalue weighted by Gasteiger charge is -2.30. The lowest BCUT2D eigenvalue weighted by Crippen LogP contribution is -2.42. The van der Waals surface area contributed by atoms with Gasteiger partial charge in [0.05, 0.1) is 13.7 Å². The summed E-state index contributed by atoms with van der Waals surface area (Å²) >= 11 is 0. The highest BCUT2D eigenvalue weighted by atomic mass is 16.5. The Labute approximate surface area is 120 Å². The molecule has 0 amide bonds. The molecule has 5 nitrogen and oxygen atoms in total. The van der Waals surface area contributed by atoms with E-state index in [4.69, 9.17) is 19.9 Å². The number of ether oxygens (including phenoxy) is 3. The van der Waals surface area contributed by atoms with Gasteiger partial charge in [0.1, 0.15) is 24.2 Å². The maximum absolute atomic E-state index is 5.91. The maximum Gasteiger partial charge on any atom is 0.122 e. The van der Waals surface area contributed by atoms with E-state index in [1.165, 1.54) is 0 Å². The molecule has 1 aliphatic heterocycles. The van der Waals surface area contributed by atoms with Crippen molar-refractivity contribution in [3.8, 4) is 11.5 Å². The van der Waals surface area contributed by atoms with Gasteiger partial charge in [-0.05, 0) is 43.8 Å². The smallest absolute Gasteiger partial charge is 0.122 e. The number of nitrogens with zero attached hydrogens (tertiary/aromatic N) is 1. The van der Waals surface area contributed by atoms with Crippen LogP contribution < -0.4 is 15.2 Å². The fourth-order valence-electron chi connectivity index (χ4n) is 2.32. The summed E-state index contributed by atoms with van der Waals surface area (Å²) in [7, 11) is 3.76. The fraction of sp³-hybridized carbons (Fsp3) is 0.600. The Balaban J connectivity index is 1.97. The van der Waals surface area contributed by atoms with E-state index < -0.39 is 0 Å². The summed E-state index contributed by atoms with van der Waals surface area (Å²) in [6.07, 6.45) is 0.902. The molecule has 0 radical (unpaired) electrons. The van der Waals surface area contributed by atoms with Gasteiger partial charge in [-0.1, -0.05) is 0 Å². The summed E-state index contributed by atoms with van der Waals surface area (Å²) in [6, 6.07) is 5.83. The Morgan fingerprint density at radius 2 is 2.30 bits per heavy atom. The van der Waals surface area contributed by atoms with Crippen molar-refractivity contribution in [2.24, 2.45) is 5.73 Å². The van der Waals surface area contributed by atoms with Gasteiger partial charge in [-0.3, -0.25) is 0 Å². The van der Waals surface area contributed by atoms with Gasteiger partial charge < -0.3 is 24.8 Å². The number of morpholine rings is 1. The van der Waals surface area contributed by atoms with E-state index in [0.29, 0.717) is 13.2 Å². The van der Waals surface area contributed by atoms with Crippen molar-refractivity contribution in [3.63, 3.8) is 0 Å². The number of benzene rings is 1. The minimum Gasteiger partial charge on any atom is -0.497 e. The molecule has 1 fully saturated rings. The van der Waals surface area contributed by atoms with E-state index in [0.717, 1.165) is 43.2 Å². The number of nitrogens with two attached hydrogens (primary N) is 1. The molecule has 1 heterocycles. The van der Waals surface area contributed by atoms with Crippen molar-refractivity contribution in [2.45, 2.75) is 12.5 Å². The number of hydrogen-bond acceptors (Lipinski definition) is 5. The van der Waals surface area contributed by atoms with Crippen LogP contribution in [0.25, 0.3) is 0 Å². The molecule has 0 aliphatic carbocycles. The lowest BCUT2D eigenvalue weighted by atomic mass is 10.1. The molecule has 0 spiro atoms. The molecule has 5 heteroatoms. The molecule has 0 aromatic heterocycles. The van der Waals surface area contributed by atoms with E-state index in [1.54, 1.807) is 7.11 Å². The Bertz CT molecular complexity index is 426. The number of rotatable bonds is 6. The first kappa shape index (κ1) is 15.1. The Morgan fingerprint density at radius 1 is 1.45 bits per heavy atom. The van der Waals surface area contributed by atoms with Gasteiger partial charge in [0, 0.05) is 13.1 Å². The lowest BCUT2D eigenvalue weighted by molar-refractivity contribution is -0.0404. The third kappa shape index (κ3) is 4.10. The molecule has 112 valence electrons. The van der Waals surface area contributed by atoms with Crippen LogP contribution in [-0.4, -0.2) is 58.0 Å². The normalized spacial score (nSPS) is 19.9. The number of likely N-dealkylation sites (N-methyl/N-ethyl adjacent to an activating group) is 1. The zero-order valence-corrected chi connectivity index (χ0v) is 12.3. The predicted octanol–water partition coefficient (Wildman–Crippen LogP) is 0.906. The molecule has 1 unspecified atom stereocenters. The monoisotopic (exact) mass is 280 g/mol.